The molecule has 1 amide bonds. The summed E-state index contributed by atoms with van der Waals surface area (Å²) in [6.45, 7) is 1.25. The number of benzene rings is 2. The molecule has 9 nitrogen and oxygen atoms in total. The Morgan fingerprint density at radius 2 is 1.63 bits per heavy atom. The van der Waals surface area contributed by atoms with Crippen molar-refractivity contribution in [1.82, 2.24) is 9.21 Å². The largest absolute Gasteiger partial charge is 0.508 e. The van der Waals surface area contributed by atoms with Crippen molar-refractivity contribution in [3.63, 3.8) is 0 Å². The fourth-order valence-electron chi connectivity index (χ4n) is 4.50. The summed E-state index contributed by atoms with van der Waals surface area (Å²) in [6, 6.07) is 10.8. The number of nitrogens with zero attached hydrogens (tertiary/aromatic N) is 2. The van der Waals surface area contributed by atoms with Crippen LogP contribution < -0.4 is 0 Å². The first-order chi connectivity index (χ1) is 16.8. The number of piperidine rings is 1. The van der Waals surface area contributed by atoms with Crippen LogP contribution in [0.2, 0.25) is 0 Å². The molecule has 2 aromatic carbocycles. The van der Waals surface area contributed by atoms with E-state index >= 15 is 0 Å². The molecule has 186 valence electrons. The lowest BCUT2D eigenvalue weighted by molar-refractivity contribution is -0.140. The van der Waals surface area contributed by atoms with Crippen LogP contribution in [0.1, 0.15) is 36.4 Å². The Bertz CT molecular complexity index is 1230. The lowest BCUT2D eigenvalue weighted by Gasteiger charge is -2.26. The van der Waals surface area contributed by atoms with Crippen LogP contribution in [-0.4, -0.2) is 72.9 Å². The summed E-state index contributed by atoms with van der Waals surface area (Å²) in [6.07, 6.45) is 2.64. The third-order valence-corrected chi connectivity index (χ3v) is 8.28. The van der Waals surface area contributed by atoms with Gasteiger partial charge in [-0.05, 0) is 54.8 Å². The second-order valence-corrected chi connectivity index (χ2v) is 10.5. The summed E-state index contributed by atoms with van der Waals surface area (Å²) in [4.78, 5) is 27.2. The topological polar surface area (TPSA) is 124 Å². The Kier molecular flexibility index (Phi) is 7.25. The highest BCUT2D eigenvalue weighted by Gasteiger charge is 2.45. The number of rotatable bonds is 7. The zero-order valence-electron chi connectivity index (χ0n) is 19.4. The Hall–Kier alpha value is -3.21. The number of aliphatic hydroxyl groups is 1. The fraction of sp³-hybridized carbons (Fsp3) is 0.360. The molecule has 4 rings (SSSR count). The van der Waals surface area contributed by atoms with Gasteiger partial charge in [-0.15, -0.1) is 0 Å². The van der Waals surface area contributed by atoms with Gasteiger partial charge in [-0.3, -0.25) is 9.59 Å². The highest BCUT2D eigenvalue weighted by molar-refractivity contribution is 7.89. The van der Waals surface area contributed by atoms with Crippen molar-refractivity contribution in [3.05, 3.63) is 65.2 Å². The Labute approximate surface area is 204 Å². The van der Waals surface area contributed by atoms with Crippen LogP contribution in [0.25, 0.3) is 5.76 Å². The van der Waals surface area contributed by atoms with Crippen LogP contribution in [0.5, 0.6) is 5.75 Å². The maximum absolute atomic E-state index is 13.0. The zero-order valence-corrected chi connectivity index (χ0v) is 20.2. The van der Waals surface area contributed by atoms with Gasteiger partial charge in [0.05, 0.1) is 23.1 Å². The second-order valence-electron chi connectivity index (χ2n) is 8.57. The zero-order chi connectivity index (χ0) is 25.2. The number of ether oxygens (including phenoxy) is 1. The molecule has 0 aromatic heterocycles. The number of aliphatic hydroxyl groups excluding tert-OH is 1. The molecule has 2 heterocycles. The van der Waals surface area contributed by atoms with Crippen molar-refractivity contribution in [2.24, 2.45) is 0 Å². The molecule has 2 aliphatic heterocycles. The van der Waals surface area contributed by atoms with Crippen LogP contribution >= 0.6 is 0 Å². The summed E-state index contributed by atoms with van der Waals surface area (Å²) in [5.41, 5.74) is 0.642. The van der Waals surface area contributed by atoms with Crippen LogP contribution in [0.3, 0.4) is 0 Å². The number of methoxy groups -OCH3 is 1. The van der Waals surface area contributed by atoms with Crippen LogP contribution in [0.4, 0.5) is 0 Å². The summed E-state index contributed by atoms with van der Waals surface area (Å²) in [5.74, 6) is -2.00. The monoisotopic (exact) mass is 500 g/mol. The van der Waals surface area contributed by atoms with E-state index in [1.807, 2.05) is 0 Å². The van der Waals surface area contributed by atoms with Gasteiger partial charge in [-0.2, -0.15) is 4.31 Å². The molecule has 2 aromatic rings. The molecular weight excluding hydrogens is 472 g/mol. The van der Waals surface area contributed by atoms with E-state index in [1.165, 1.54) is 52.7 Å². The van der Waals surface area contributed by atoms with Crippen molar-refractivity contribution in [3.8, 4) is 5.75 Å². The number of likely N-dealkylation sites (tertiary alicyclic amines) is 1. The molecule has 0 bridgehead atoms. The lowest BCUT2D eigenvalue weighted by atomic mass is 9.95. The standard InChI is InChI=1S/C25H28N2O7S/c1-34-16-15-27-22(17-5-9-19(28)10-6-17)21(24(30)25(27)31)23(29)18-7-11-20(12-8-18)35(32,33)26-13-3-2-4-14-26/h5-12,22,28-29H,2-4,13-16H2,1H3/t22-/m1/s1. The number of hydrogen-bond acceptors (Lipinski definition) is 7. The Morgan fingerprint density at radius 3 is 2.23 bits per heavy atom. The van der Waals surface area contributed by atoms with Gasteiger partial charge in [0.15, 0.2) is 0 Å². The summed E-state index contributed by atoms with van der Waals surface area (Å²) in [7, 11) is -2.17. The molecule has 0 spiro atoms. The summed E-state index contributed by atoms with van der Waals surface area (Å²) in [5, 5.41) is 20.8. The first-order valence-electron chi connectivity index (χ1n) is 11.4. The number of sulfonamides is 1. The Morgan fingerprint density at radius 1 is 1.00 bits per heavy atom. The molecule has 0 aliphatic carbocycles. The van der Waals surface area contributed by atoms with Gasteiger partial charge in [0.1, 0.15) is 11.5 Å². The van der Waals surface area contributed by atoms with Gasteiger partial charge in [0.2, 0.25) is 10.0 Å². The van der Waals surface area contributed by atoms with E-state index in [-0.39, 0.29) is 34.9 Å². The van der Waals surface area contributed by atoms with Gasteiger partial charge in [0, 0.05) is 32.3 Å². The smallest absolute Gasteiger partial charge is 0.295 e. The summed E-state index contributed by atoms with van der Waals surface area (Å²) >= 11 is 0. The predicted octanol–water partition coefficient (Wildman–Crippen LogP) is 2.63. The van der Waals surface area contributed by atoms with E-state index in [0.29, 0.717) is 18.7 Å². The third kappa shape index (κ3) is 4.82. The maximum Gasteiger partial charge on any atom is 0.295 e. The predicted molar refractivity (Wildman–Crippen MR) is 128 cm³/mol. The number of ketones is 1. The minimum absolute atomic E-state index is 0.0214. The van der Waals surface area contributed by atoms with Crippen LogP contribution in [-0.2, 0) is 24.3 Å². The molecule has 1 atom stereocenters. The quantitative estimate of drug-likeness (QED) is 0.340. The minimum atomic E-state index is -3.65. The summed E-state index contributed by atoms with van der Waals surface area (Å²) < 4.78 is 32.4. The lowest BCUT2D eigenvalue weighted by Crippen LogP contribution is -2.35. The van der Waals surface area contributed by atoms with Crippen molar-refractivity contribution in [2.75, 3.05) is 33.4 Å². The van der Waals surface area contributed by atoms with Crippen molar-refractivity contribution >= 4 is 27.5 Å². The van der Waals surface area contributed by atoms with E-state index in [0.717, 1.165) is 19.3 Å². The number of hydrogen-bond donors (Lipinski definition) is 2. The van der Waals surface area contributed by atoms with Gasteiger partial charge in [-0.1, -0.05) is 18.6 Å². The number of carbonyl (C=O) groups excluding carboxylic acids is 2. The van der Waals surface area contributed by atoms with Crippen molar-refractivity contribution in [1.29, 1.82) is 0 Å². The van der Waals surface area contributed by atoms with E-state index in [9.17, 15) is 28.2 Å². The van der Waals surface area contributed by atoms with Gasteiger partial charge >= 0.3 is 0 Å². The number of aromatic hydroxyl groups is 1. The van der Waals surface area contributed by atoms with Crippen LogP contribution in [0.15, 0.2) is 59.0 Å². The molecule has 0 unspecified atom stereocenters. The molecule has 0 saturated carbocycles. The first-order valence-corrected chi connectivity index (χ1v) is 12.9. The SMILES string of the molecule is COCCN1C(=O)C(=O)C(=C(O)c2ccc(S(=O)(=O)N3CCCCC3)cc2)[C@H]1c1ccc(O)cc1. The van der Waals surface area contributed by atoms with E-state index in [1.54, 1.807) is 12.1 Å². The maximum atomic E-state index is 13.0. The average molecular weight is 501 g/mol. The fourth-order valence-corrected chi connectivity index (χ4v) is 6.02. The van der Waals surface area contributed by atoms with Gasteiger partial charge < -0.3 is 19.8 Å². The van der Waals surface area contributed by atoms with Crippen molar-refractivity contribution < 1.29 is 33.0 Å². The van der Waals surface area contributed by atoms with Gasteiger partial charge in [-0.25, -0.2) is 8.42 Å². The number of phenolic OH excluding ortho intramolecular Hbond substituents is 1. The molecule has 2 aliphatic rings. The molecule has 2 fully saturated rings. The van der Waals surface area contributed by atoms with Crippen LogP contribution in [0, 0.1) is 0 Å². The normalized spacial score (nSPS) is 20.9. The van der Waals surface area contributed by atoms with Crippen molar-refractivity contribution in [2.45, 2.75) is 30.2 Å². The number of carbonyl (C=O) groups is 2. The second kappa shape index (κ2) is 10.2. The minimum Gasteiger partial charge on any atom is -0.508 e. The highest BCUT2D eigenvalue weighted by atomic mass is 32.2. The Balaban J connectivity index is 1.73. The highest BCUT2D eigenvalue weighted by Crippen LogP contribution is 2.39. The number of phenols is 1. The molecule has 0 radical (unpaired) electrons. The molecule has 10 heteroatoms. The third-order valence-electron chi connectivity index (χ3n) is 6.37. The number of Topliss-reactive ketones (excluding diaryl/α,β-unsaturated/α-hetero) is 1. The van der Waals surface area contributed by atoms with E-state index in [2.05, 4.69) is 0 Å². The van der Waals surface area contributed by atoms with Gasteiger partial charge in [0.25, 0.3) is 11.7 Å². The number of amides is 1. The molecule has 35 heavy (non-hydrogen) atoms. The van der Waals surface area contributed by atoms with E-state index < -0.39 is 33.5 Å². The molecule has 2 saturated heterocycles. The molecule has 2 N–H and O–H groups in total. The first kappa shape index (κ1) is 24.9. The van der Waals surface area contributed by atoms with E-state index in [4.69, 9.17) is 4.74 Å². The molecular formula is C25H28N2O7S. The average Bonchev–Trinajstić information content (AvgIpc) is 3.13.